The molecule has 1 saturated carbocycles. The first-order valence-electron chi connectivity index (χ1n) is 8.88. The zero-order valence-electron chi connectivity index (χ0n) is 15.2. The van der Waals surface area contributed by atoms with Crippen molar-refractivity contribution >= 4 is 39.6 Å². The van der Waals surface area contributed by atoms with Gasteiger partial charge in [-0.3, -0.25) is 4.79 Å². The minimum absolute atomic E-state index is 0.00906. The molecular weight excluding hydrogens is 386 g/mol. The van der Waals surface area contributed by atoms with Gasteiger partial charge in [0, 0.05) is 23.1 Å². The first kappa shape index (κ1) is 19.9. The highest BCUT2D eigenvalue weighted by atomic mass is 32.2. The van der Waals surface area contributed by atoms with E-state index in [4.69, 9.17) is 4.74 Å². The van der Waals surface area contributed by atoms with Gasteiger partial charge in [-0.15, -0.1) is 11.8 Å². The molecule has 0 bridgehead atoms. The SMILES string of the molecule is CSc1ccc(/C=C/C(=O)OCC(=O)N(C2CC2)[C@@H]2CCS(=O)(=O)C2)cc1. The summed E-state index contributed by atoms with van der Waals surface area (Å²) in [4.78, 5) is 27.2. The third-order valence-electron chi connectivity index (χ3n) is 4.70. The van der Waals surface area contributed by atoms with Gasteiger partial charge >= 0.3 is 5.97 Å². The van der Waals surface area contributed by atoms with Crippen molar-refractivity contribution in [3.05, 3.63) is 35.9 Å². The fraction of sp³-hybridized carbons (Fsp3) is 0.474. The summed E-state index contributed by atoms with van der Waals surface area (Å²) in [6.07, 6.45) is 7.14. The van der Waals surface area contributed by atoms with Crippen molar-refractivity contribution in [1.29, 1.82) is 0 Å². The number of benzene rings is 1. The molecule has 0 unspecified atom stereocenters. The molecule has 6 nitrogen and oxygen atoms in total. The summed E-state index contributed by atoms with van der Waals surface area (Å²) >= 11 is 1.64. The molecule has 0 spiro atoms. The van der Waals surface area contributed by atoms with Gasteiger partial charge < -0.3 is 9.64 Å². The third kappa shape index (κ3) is 5.59. The Balaban J connectivity index is 1.52. The summed E-state index contributed by atoms with van der Waals surface area (Å²) in [6.45, 7) is -0.359. The summed E-state index contributed by atoms with van der Waals surface area (Å²) in [5, 5.41) is 0. The lowest BCUT2D eigenvalue weighted by atomic mass is 10.2. The molecule has 0 radical (unpaired) electrons. The van der Waals surface area contributed by atoms with Crippen LogP contribution in [0.2, 0.25) is 0 Å². The quantitative estimate of drug-likeness (QED) is 0.390. The summed E-state index contributed by atoms with van der Waals surface area (Å²) in [6, 6.07) is 7.51. The highest BCUT2D eigenvalue weighted by molar-refractivity contribution is 7.98. The Bertz CT molecular complexity index is 828. The number of hydrogen-bond donors (Lipinski definition) is 0. The molecule has 2 aliphatic rings. The van der Waals surface area contributed by atoms with Crippen LogP contribution in [0.15, 0.2) is 35.2 Å². The van der Waals surface area contributed by atoms with Gasteiger partial charge in [-0.25, -0.2) is 13.2 Å². The normalized spacial score (nSPS) is 21.3. The summed E-state index contributed by atoms with van der Waals surface area (Å²) < 4.78 is 28.5. The van der Waals surface area contributed by atoms with E-state index >= 15 is 0 Å². The van der Waals surface area contributed by atoms with Crippen molar-refractivity contribution < 1.29 is 22.7 Å². The van der Waals surface area contributed by atoms with Gasteiger partial charge in [-0.2, -0.15) is 0 Å². The van der Waals surface area contributed by atoms with Crippen LogP contribution < -0.4 is 0 Å². The molecule has 1 aromatic carbocycles. The van der Waals surface area contributed by atoms with E-state index in [1.54, 1.807) is 22.7 Å². The van der Waals surface area contributed by atoms with Crippen LogP contribution in [0.3, 0.4) is 0 Å². The van der Waals surface area contributed by atoms with Crippen molar-refractivity contribution in [2.24, 2.45) is 0 Å². The molecule has 1 aliphatic carbocycles. The molecule has 27 heavy (non-hydrogen) atoms. The monoisotopic (exact) mass is 409 g/mol. The van der Waals surface area contributed by atoms with Crippen LogP contribution in [0, 0.1) is 0 Å². The Hall–Kier alpha value is -1.80. The number of esters is 1. The van der Waals surface area contributed by atoms with Crippen molar-refractivity contribution in [1.82, 2.24) is 4.90 Å². The van der Waals surface area contributed by atoms with Gasteiger partial charge in [-0.1, -0.05) is 12.1 Å². The Morgan fingerprint density at radius 3 is 2.44 bits per heavy atom. The maximum atomic E-state index is 12.5. The smallest absolute Gasteiger partial charge is 0.331 e. The van der Waals surface area contributed by atoms with Gasteiger partial charge in [0.1, 0.15) is 0 Å². The number of rotatable bonds is 7. The van der Waals surface area contributed by atoms with Crippen molar-refractivity contribution in [2.45, 2.75) is 36.2 Å². The molecule has 146 valence electrons. The van der Waals surface area contributed by atoms with Crippen LogP contribution in [0.4, 0.5) is 0 Å². The zero-order valence-corrected chi connectivity index (χ0v) is 16.8. The van der Waals surface area contributed by atoms with Gasteiger partial charge in [0.25, 0.3) is 5.91 Å². The maximum absolute atomic E-state index is 12.5. The minimum atomic E-state index is -3.07. The van der Waals surface area contributed by atoms with Crippen LogP contribution >= 0.6 is 11.8 Å². The highest BCUT2D eigenvalue weighted by Crippen LogP contribution is 2.32. The number of carbonyl (C=O) groups is 2. The largest absolute Gasteiger partial charge is 0.452 e. The Labute approximate surface area is 163 Å². The fourth-order valence-electron chi connectivity index (χ4n) is 3.19. The van der Waals surface area contributed by atoms with E-state index < -0.39 is 15.8 Å². The number of nitrogens with zero attached hydrogens (tertiary/aromatic N) is 1. The number of hydrogen-bond acceptors (Lipinski definition) is 6. The summed E-state index contributed by atoms with van der Waals surface area (Å²) in [5.41, 5.74) is 0.867. The molecule has 1 heterocycles. The molecule has 8 heteroatoms. The van der Waals surface area contributed by atoms with E-state index in [2.05, 4.69) is 0 Å². The second kappa shape index (κ2) is 8.48. The lowest BCUT2D eigenvalue weighted by molar-refractivity contribution is -0.149. The Morgan fingerprint density at radius 1 is 1.19 bits per heavy atom. The van der Waals surface area contributed by atoms with Crippen LogP contribution in [-0.4, -0.2) is 61.6 Å². The number of thioether (sulfide) groups is 1. The van der Waals surface area contributed by atoms with E-state index in [9.17, 15) is 18.0 Å². The fourth-order valence-corrected chi connectivity index (χ4v) is 5.31. The van der Waals surface area contributed by atoms with Crippen LogP contribution in [0.5, 0.6) is 0 Å². The van der Waals surface area contributed by atoms with Crippen molar-refractivity contribution in [3.8, 4) is 0 Å². The van der Waals surface area contributed by atoms with Crippen molar-refractivity contribution in [2.75, 3.05) is 24.4 Å². The summed E-state index contributed by atoms with van der Waals surface area (Å²) in [5.74, 6) is -0.779. The second-order valence-corrected chi connectivity index (χ2v) is 9.91. The number of ether oxygens (including phenoxy) is 1. The molecule has 1 saturated heterocycles. The average molecular weight is 410 g/mol. The van der Waals surface area contributed by atoms with Crippen molar-refractivity contribution in [3.63, 3.8) is 0 Å². The molecule has 3 rings (SSSR count). The van der Waals surface area contributed by atoms with Crippen LogP contribution in [0.1, 0.15) is 24.8 Å². The summed E-state index contributed by atoms with van der Waals surface area (Å²) in [7, 11) is -3.07. The van der Waals surface area contributed by atoms with Gasteiger partial charge in [0.15, 0.2) is 16.4 Å². The molecule has 1 atom stereocenters. The number of sulfone groups is 1. The molecule has 1 aliphatic heterocycles. The molecule has 1 amide bonds. The van der Waals surface area contributed by atoms with E-state index in [0.717, 1.165) is 23.3 Å². The van der Waals surface area contributed by atoms with Crippen LogP contribution in [0.25, 0.3) is 6.08 Å². The molecule has 0 aromatic heterocycles. The van der Waals surface area contributed by atoms with Gasteiger partial charge in [-0.05, 0) is 49.3 Å². The lowest BCUT2D eigenvalue weighted by Crippen LogP contribution is -2.44. The zero-order chi connectivity index (χ0) is 19.4. The lowest BCUT2D eigenvalue weighted by Gasteiger charge is -2.28. The Morgan fingerprint density at radius 2 is 1.89 bits per heavy atom. The first-order chi connectivity index (χ1) is 12.9. The van der Waals surface area contributed by atoms with Crippen LogP contribution in [-0.2, 0) is 24.2 Å². The van der Waals surface area contributed by atoms with E-state index in [1.165, 1.54) is 6.08 Å². The average Bonchev–Trinajstić information content (AvgIpc) is 3.41. The standard InChI is InChI=1S/C19H23NO5S2/c1-26-17-7-2-14(3-8-17)4-9-19(22)25-12-18(21)20(15-5-6-15)16-10-11-27(23,24)13-16/h2-4,7-9,15-16H,5-6,10-13H2,1H3/b9-4+/t16-/m1/s1. The topological polar surface area (TPSA) is 80.8 Å². The van der Waals surface area contributed by atoms with E-state index in [0.29, 0.717) is 6.42 Å². The number of amides is 1. The first-order valence-corrected chi connectivity index (χ1v) is 11.9. The predicted molar refractivity (Wildman–Crippen MR) is 105 cm³/mol. The molecular formula is C19H23NO5S2. The van der Waals surface area contributed by atoms with E-state index in [1.807, 2.05) is 30.5 Å². The minimum Gasteiger partial charge on any atom is -0.452 e. The highest BCUT2D eigenvalue weighted by Gasteiger charge is 2.42. The van der Waals surface area contributed by atoms with Gasteiger partial charge in [0.05, 0.1) is 11.5 Å². The Kier molecular flexibility index (Phi) is 6.26. The number of carbonyl (C=O) groups excluding carboxylic acids is 2. The van der Waals surface area contributed by atoms with Gasteiger partial charge in [0.2, 0.25) is 0 Å². The molecule has 2 fully saturated rings. The maximum Gasteiger partial charge on any atom is 0.331 e. The van der Waals surface area contributed by atoms with E-state index in [-0.39, 0.29) is 36.1 Å². The third-order valence-corrected chi connectivity index (χ3v) is 7.19. The molecule has 0 N–H and O–H groups in total. The second-order valence-electron chi connectivity index (χ2n) is 6.80. The predicted octanol–water partition coefficient (Wildman–Crippen LogP) is 2.14. The molecule has 1 aromatic rings.